The number of rotatable bonds is 6. The number of amides is 1. The van der Waals surface area contributed by atoms with Crippen LogP contribution in [0.25, 0.3) is 5.69 Å². The highest BCUT2D eigenvalue weighted by atomic mass is 19.2. The Morgan fingerprint density at radius 1 is 1.00 bits per heavy atom. The van der Waals surface area contributed by atoms with E-state index in [9.17, 15) is 13.6 Å². The van der Waals surface area contributed by atoms with E-state index in [0.29, 0.717) is 61.3 Å². The van der Waals surface area contributed by atoms with Crippen molar-refractivity contribution in [1.29, 1.82) is 0 Å². The summed E-state index contributed by atoms with van der Waals surface area (Å²) >= 11 is 0. The average molecular weight is 444 g/mol. The van der Waals surface area contributed by atoms with E-state index < -0.39 is 11.6 Å². The van der Waals surface area contributed by atoms with Gasteiger partial charge in [0.1, 0.15) is 17.1 Å². The van der Waals surface area contributed by atoms with Crippen molar-refractivity contribution in [3.05, 3.63) is 59.4 Å². The fourth-order valence-electron chi connectivity index (χ4n) is 3.65. The highest BCUT2D eigenvalue weighted by molar-refractivity contribution is 5.99. The highest BCUT2D eigenvalue weighted by Gasteiger charge is 2.27. The molecule has 0 N–H and O–H groups in total. The number of hydrogen-bond donors (Lipinski definition) is 0. The van der Waals surface area contributed by atoms with E-state index in [0.717, 1.165) is 12.1 Å². The Bertz CT molecular complexity index is 1090. The van der Waals surface area contributed by atoms with E-state index in [1.54, 1.807) is 23.1 Å². The molecule has 1 aromatic heterocycles. The van der Waals surface area contributed by atoms with E-state index in [4.69, 9.17) is 9.47 Å². The van der Waals surface area contributed by atoms with Crippen LogP contribution in [0.5, 0.6) is 11.5 Å². The van der Waals surface area contributed by atoms with Gasteiger partial charge in [-0.1, -0.05) is 6.07 Å². The summed E-state index contributed by atoms with van der Waals surface area (Å²) in [5, 5.41) is 11.6. The molecule has 9 nitrogen and oxygen atoms in total. The molecule has 168 valence electrons. The first-order valence-electron chi connectivity index (χ1n) is 9.97. The van der Waals surface area contributed by atoms with Crippen LogP contribution < -0.4 is 9.47 Å². The summed E-state index contributed by atoms with van der Waals surface area (Å²) in [6.07, 6.45) is 0. The summed E-state index contributed by atoms with van der Waals surface area (Å²) in [7, 11) is 3.03. The normalized spacial score (nSPS) is 14.4. The van der Waals surface area contributed by atoms with Crippen LogP contribution in [0.1, 0.15) is 16.2 Å². The highest BCUT2D eigenvalue weighted by Crippen LogP contribution is 2.30. The number of tetrazole rings is 1. The largest absolute Gasteiger partial charge is 0.496 e. The number of nitrogens with zero attached hydrogens (tertiary/aromatic N) is 6. The number of hydrogen-bond acceptors (Lipinski definition) is 7. The first-order valence-corrected chi connectivity index (χ1v) is 9.97. The lowest BCUT2D eigenvalue weighted by atomic mass is 10.1. The number of carbonyl (C=O) groups excluding carboxylic acids is 1. The molecule has 1 aliphatic heterocycles. The number of aromatic nitrogens is 4. The lowest BCUT2D eigenvalue weighted by Crippen LogP contribution is -2.48. The van der Waals surface area contributed by atoms with Crippen LogP contribution in [0.15, 0.2) is 36.4 Å². The number of halogens is 2. The molecule has 0 unspecified atom stereocenters. The molecule has 0 atom stereocenters. The van der Waals surface area contributed by atoms with Crippen molar-refractivity contribution in [2.75, 3.05) is 40.4 Å². The van der Waals surface area contributed by atoms with Gasteiger partial charge in [-0.3, -0.25) is 9.69 Å². The van der Waals surface area contributed by atoms with Gasteiger partial charge in [0, 0.05) is 32.2 Å². The summed E-state index contributed by atoms with van der Waals surface area (Å²) in [6.45, 7) is 2.56. The quantitative estimate of drug-likeness (QED) is 0.574. The molecular weight excluding hydrogens is 422 g/mol. The minimum Gasteiger partial charge on any atom is -0.496 e. The maximum atomic E-state index is 13.6. The molecule has 3 aromatic rings. The second-order valence-corrected chi connectivity index (χ2v) is 7.21. The first kappa shape index (κ1) is 21.6. The third kappa shape index (κ3) is 4.24. The molecule has 0 spiro atoms. The fraction of sp³-hybridized carbons (Fsp3) is 0.333. The predicted molar refractivity (Wildman–Crippen MR) is 110 cm³/mol. The van der Waals surface area contributed by atoms with Gasteiger partial charge in [-0.25, -0.2) is 8.78 Å². The zero-order chi connectivity index (χ0) is 22.7. The number of benzene rings is 2. The Morgan fingerprint density at radius 3 is 2.31 bits per heavy atom. The average Bonchev–Trinajstić information content (AvgIpc) is 3.28. The van der Waals surface area contributed by atoms with Gasteiger partial charge in [0.2, 0.25) is 0 Å². The topological polar surface area (TPSA) is 85.6 Å². The molecule has 0 bridgehead atoms. The number of methoxy groups -OCH3 is 2. The lowest BCUT2D eigenvalue weighted by Gasteiger charge is -2.34. The number of carbonyl (C=O) groups is 1. The van der Waals surface area contributed by atoms with Crippen LogP contribution >= 0.6 is 0 Å². The van der Waals surface area contributed by atoms with E-state index in [1.807, 2.05) is 0 Å². The van der Waals surface area contributed by atoms with Gasteiger partial charge >= 0.3 is 0 Å². The third-order valence-corrected chi connectivity index (χ3v) is 5.35. The monoisotopic (exact) mass is 444 g/mol. The smallest absolute Gasteiger partial charge is 0.261 e. The molecule has 2 heterocycles. The van der Waals surface area contributed by atoms with Crippen LogP contribution in [0.2, 0.25) is 0 Å². The molecule has 0 radical (unpaired) electrons. The standard InChI is InChI=1S/C21H22F2N6O3/c1-31-17-4-3-5-18(32-2)20(17)21(30)28-10-8-27(9-11-28)13-19-24-25-26-29(19)14-6-7-15(22)16(23)12-14/h3-7,12H,8-11,13H2,1-2H3. The molecule has 1 aliphatic rings. The molecule has 2 aromatic carbocycles. The van der Waals surface area contributed by atoms with Crippen LogP contribution in [-0.4, -0.2) is 76.3 Å². The minimum atomic E-state index is -0.970. The van der Waals surface area contributed by atoms with Crippen LogP contribution in [0, 0.1) is 11.6 Å². The minimum absolute atomic E-state index is 0.162. The Kier molecular flexibility index (Phi) is 6.26. The molecule has 32 heavy (non-hydrogen) atoms. The molecule has 4 rings (SSSR count). The molecule has 0 aliphatic carbocycles. The van der Waals surface area contributed by atoms with Crippen molar-refractivity contribution < 1.29 is 23.0 Å². The summed E-state index contributed by atoms with van der Waals surface area (Å²) in [5.74, 6) is -0.656. The van der Waals surface area contributed by atoms with Crippen molar-refractivity contribution in [1.82, 2.24) is 30.0 Å². The molecule has 1 amide bonds. The Morgan fingerprint density at radius 2 is 1.69 bits per heavy atom. The van der Waals surface area contributed by atoms with Gasteiger partial charge in [0.15, 0.2) is 17.5 Å². The van der Waals surface area contributed by atoms with Gasteiger partial charge in [0.05, 0.1) is 26.5 Å². The summed E-state index contributed by atoms with van der Waals surface area (Å²) < 4.78 is 38.9. The second-order valence-electron chi connectivity index (χ2n) is 7.21. The molecule has 11 heteroatoms. The van der Waals surface area contributed by atoms with E-state index in [1.165, 1.54) is 25.0 Å². The Labute approximate surface area is 183 Å². The van der Waals surface area contributed by atoms with Gasteiger partial charge in [-0.05, 0) is 34.7 Å². The summed E-state index contributed by atoms with van der Waals surface area (Å²) in [6, 6.07) is 8.71. The van der Waals surface area contributed by atoms with Crippen molar-refractivity contribution in [2.24, 2.45) is 0 Å². The van der Waals surface area contributed by atoms with Crippen LogP contribution in [0.4, 0.5) is 8.78 Å². The van der Waals surface area contributed by atoms with Gasteiger partial charge in [-0.15, -0.1) is 5.10 Å². The molecular formula is C21H22F2N6O3. The molecule has 1 fully saturated rings. The van der Waals surface area contributed by atoms with Crippen molar-refractivity contribution >= 4 is 5.91 Å². The lowest BCUT2D eigenvalue weighted by molar-refractivity contribution is 0.0618. The fourth-order valence-corrected chi connectivity index (χ4v) is 3.65. The zero-order valence-corrected chi connectivity index (χ0v) is 17.7. The SMILES string of the molecule is COc1cccc(OC)c1C(=O)N1CCN(Cc2nnnn2-c2ccc(F)c(F)c2)CC1. The second kappa shape index (κ2) is 9.27. The first-order chi connectivity index (χ1) is 15.5. The zero-order valence-electron chi connectivity index (χ0n) is 17.7. The predicted octanol–water partition coefficient (Wildman–Crippen LogP) is 1.92. The van der Waals surface area contributed by atoms with E-state index >= 15 is 0 Å². The maximum Gasteiger partial charge on any atom is 0.261 e. The molecule has 1 saturated heterocycles. The van der Waals surface area contributed by atoms with Crippen molar-refractivity contribution in [3.63, 3.8) is 0 Å². The summed E-state index contributed by atoms with van der Waals surface area (Å²) in [5.41, 5.74) is 0.731. The molecule has 0 saturated carbocycles. The number of ether oxygens (including phenoxy) is 2. The van der Waals surface area contributed by atoms with E-state index in [2.05, 4.69) is 20.4 Å². The van der Waals surface area contributed by atoms with Crippen LogP contribution in [0.3, 0.4) is 0 Å². The van der Waals surface area contributed by atoms with Crippen LogP contribution in [-0.2, 0) is 6.54 Å². The Hall–Kier alpha value is -3.60. The van der Waals surface area contributed by atoms with Gasteiger partial charge in [0.25, 0.3) is 5.91 Å². The maximum absolute atomic E-state index is 13.6. The van der Waals surface area contributed by atoms with Gasteiger partial charge in [-0.2, -0.15) is 4.68 Å². The summed E-state index contributed by atoms with van der Waals surface area (Å²) in [4.78, 5) is 17.0. The Balaban J connectivity index is 1.43. The third-order valence-electron chi connectivity index (χ3n) is 5.35. The van der Waals surface area contributed by atoms with Gasteiger partial charge < -0.3 is 14.4 Å². The van der Waals surface area contributed by atoms with Crippen molar-refractivity contribution in [3.8, 4) is 17.2 Å². The van der Waals surface area contributed by atoms with Crippen molar-refractivity contribution in [2.45, 2.75) is 6.54 Å². The number of piperazine rings is 1. The van der Waals surface area contributed by atoms with E-state index in [-0.39, 0.29) is 5.91 Å².